The molecule has 4 rings (SSSR count). The van der Waals surface area contributed by atoms with Crippen LogP contribution in [0.25, 0.3) is 0 Å². The number of piperidine rings is 1. The van der Waals surface area contributed by atoms with Crippen LogP contribution < -0.4 is 10.2 Å². The Kier molecular flexibility index (Phi) is 5.05. The maximum atomic E-state index is 13.1. The van der Waals surface area contributed by atoms with Crippen molar-refractivity contribution in [2.75, 3.05) is 26.3 Å². The molecule has 2 fully saturated rings. The van der Waals surface area contributed by atoms with E-state index in [-0.39, 0.29) is 16.9 Å². The summed E-state index contributed by atoms with van der Waals surface area (Å²) in [6, 6.07) is 5.43. The molecule has 3 heterocycles. The monoisotopic (exact) mass is 388 g/mol. The van der Waals surface area contributed by atoms with E-state index < -0.39 is 5.91 Å². The van der Waals surface area contributed by atoms with Crippen LogP contribution in [0, 0.1) is 5.41 Å². The van der Waals surface area contributed by atoms with E-state index in [0.29, 0.717) is 37.6 Å². The Morgan fingerprint density at radius 1 is 1.11 bits per heavy atom. The Morgan fingerprint density at radius 3 is 2.50 bits per heavy atom. The number of amides is 2. The van der Waals surface area contributed by atoms with Crippen LogP contribution in [0.15, 0.2) is 18.2 Å². The van der Waals surface area contributed by atoms with E-state index in [4.69, 9.17) is 14.7 Å². The number of rotatable bonds is 2. The van der Waals surface area contributed by atoms with Gasteiger partial charge in [-0.1, -0.05) is 19.1 Å². The van der Waals surface area contributed by atoms with E-state index in [1.807, 2.05) is 11.0 Å². The number of hydrogen-bond acceptors (Lipinski definition) is 5. The van der Waals surface area contributed by atoms with E-state index in [0.717, 1.165) is 44.1 Å². The summed E-state index contributed by atoms with van der Waals surface area (Å²) < 4.78 is 11.8. The Balaban J connectivity index is 1.47. The van der Waals surface area contributed by atoms with Crippen LogP contribution in [0.5, 0.6) is 5.75 Å². The lowest BCUT2D eigenvalue weighted by Gasteiger charge is -2.47. The van der Waals surface area contributed by atoms with Crippen molar-refractivity contribution in [3.63, 3.8) is 0 Å². The van der Waals surface area contributed by atoms with Crippen LogP contribution in [0.2, 0.25) is 0 Å². The molecule has 0 saturated carbocycles. The van der Waals surface area contributed by atoms with Gasteiger partial charge in [0.05, 0.1) is 11.0 Å². The van der Waals surface area contributed by atoms with Gasteiger partial charge in [-0.2, -0.15) is 0 Å². The van der Waals surface area contributed by atoms with Gasteiger partial charge < -0.3 is 14.4 Å². The van der Waals surface area contributed by atoms with Crippen molar-refractivity contribution in [3.05, 3.63) is 29.3 Å². The fraction of sp³-hybridized carbons (Fsp3) is 0.619. The number of carbonyl (C=O) groups excluding carboxylic acids is 2. The molecule has 28 heavy (non-hydrogen) atoms. The molecule has 7 heteroatoms. The number of nitrogens with one attached hydrogen (secondary N) is 1. The highest BCUT2D eigenvalue weighted by atomic mass is 16.5. The lowest BCUT2D eigenvalue weighted by Crippen LogP contribution is -2.54. The molecule has 0 unspecified atom stereocenters. The third kappa shape index (κ3) is 3.37. The van der Waals surface area contributed by atoms with Crippen molar-refractivity contribution >= 4 is 11.8 Å². The molecule has 7 nitrogen and oxygen atoms in total. The summed E-state index contributed by atoms with van der Waals surface area (Å²) >= 11 is 0. The average Bonchev–Trinajstić information content (AvgIpc) is 2.73. The van der Waals surface area contributed by atoms with Crippen molar-refractivity contribution in [1.82, 2.24) is 10.4 Å². The second-order valence-electron chi connectivity index (χ2n) is 8.49. The number of ether oxygens (including phenoxy) is 2. The summed E-state index contributed by atoms with van der Waals surface area (Å²) in [5.41, 5.74) is 2.36. The van der Waals surface area contributed by atoms with E-state index in [1.165, 1.54) is 0 Å². The smallest absolute Gasteiger partial charge is 0.278 e. The number of aryl methyl sites for hydroxylation is 1. The van der Waals surface area contributed by atoms with Crippen LogP contribution in [0.1, 0.15) is 54.9 Å². The highest BCUT2D eigenvalue weighted by Gasteiger charge is 2.44. The number of carbonyl (C=O) groups is 2. The number of likely N-dealkylation sites (tertiary alicyclic amines) is 1. The standard InChI is InChI=1S/C21H28N2O5/c1-20(9-13-27-14-10-20)19(25)23-11-7-21(8-12-23)6-5-15-3-2-4-16(17(15)28-21)18(24)22-26/h2-4,26H,5-14H2,1H3,(H,22,24). The Morgan fingerprint density at radius 2 is 1.82 bits per heavy atom. The summed E-state index contributed by atoms with van der Waals surface area (Å²) in [4.78, 5) is 27.1. The van der Waals surface area contributed by atoms with Gasteiger partial charge in [-0.15, -0.1) is 0 Å². The topological polar surface area (TPSA) is 88.1 Å². The third-order valence-corrected chi connectivity index (χ3v) is 6.69. The molecule has 2 N–H and O–H groups in total. The van der Waals surface area contributed by atoms with Crippen LogP contribution in [0.4, 0.5) is 0 Å². The van der Waals surface area contributed by atoms with Crippen molar-refractivity contribution < 1.29 is 24.3 Å². The number of benzene rings is 1. The number of nitrogens with zero attached hydrogens (tertiary/aromatic N) is 1. The summed E-state index contributed by atoms with van der Waals surface area (Å²) in [7, 11) is 0. The average molecular weight is 388 g/mol. The summed E-state index contributed by atoms with van der Waals surface area (Å²) in [6.45, 7) is 4.68. The van der Waals surface area contributed by atoms with Crippen molar-refractivity contribution in [2.45, 2.75) is 51.0 Å². The molecule has 0 atom stereocenters. The second kappa shape index (κ2) is 7.37. The van der Waals surface area contributed by atoms with Gasteiger partial charge in [0.25, 0.3) is 5.91 Å². The lowest BCUT2D eigenvalue weighted by atomic mass is 9.78. The largest absolute Gasteiger partial charge is 0.486 e. The first kappa shape index (κ1) is 19.2. The first-order valence-electron chi connectivity index (χ1n) is 10.1. The molecule has 0 radical (unpaired) electrons. The Labute approximate surface area is 164 Å². The zero-order valence-electron chi connectivity index (χ0n) is 16.3. The summed E-state index contributed by atoms with van der Waals surface area (Å²) in [6.07, 6.45) is 4.75. The van der Waals surface area contributed by atoms with Gasteiger partial charge in [-0.05, 0) is 37.3 Å². The van der Waals surface area contributed by atoms with E-state index in [1.54, 1.807) is 17.6 Å². The molecule has 0 bridgehead atoms. The Bertz CT molecular complexity index is 764. The van der Waals surface area contributed by atoms with Crippen molar-refractivity contribution in [3.8, 4) is 5.75 Å². The summed E-state index contributed by atoms with van der Waals surface area (Å²) in [5, 5.41) is 9.03. The Hall–Kier alpha value is -2.12. The van der Waals surface area contributed by atoms with Crippen molar-refractivity contribution in [2.24, 2.45) is 5.41 Å². The molecular weight excluding hydrogens is 360 g/mol. The predicted octanol–water partition coefficient (Wildman–Crippen LogP) is 2.31. The second-order valence-corrected chi connectivity index (χ2v) is 8.49. The van der Waals surface area contributed by atoms with Gasteiger partial charge in [0.1, 0.15) is 11.4 Å². The van der Waals surface area contributed by atoms with Crippen LogP contribution in [-0.2, 0) is 16.0 Å². The number of hydroxylamine groups is 1. The molecule has 0 aromatic heterocycles. The first-order chi connectivity index (χ1) is 13.5. The molecule has 0 aliphatic carbocycles. The van der Waals surface area contributed by atoms with Crippen LogP contribution in [0.3, 0.4) is 0 Å². The minimum atomic E-state index is -0.561. The molecule has 1 aromatic carbocycles. The molecule has 3 aliphatic rings. The molecule has 1 aromatic rings. The van der Waals surface area contributed by atoms with Crippen LogP contribution in [-0.4, -0.2) is 53.8 Å². The minimum absolute atomic E-state index is 0.224. The minimum Gasteiger partial charge on any atom is -0.486 e. The van der Waals surface area contributed by atoms with E-state index in [2.05, 4.69) is 6.92 Å². The lowest BCUT2D eigenvalue weighted by molar-refractivity contribution is -0.150. The van der Waals surface area contributed by atoms with E-state index in [9.17, 15) is 9.59 Å². The number of para-hydroxylation sites is 1. The zero-order valence-corrected chi connectivity index (χ0v) is 16.3. The maximum Gasteiger partial charge on any atom is 0.278 e. The predicted molar refractivity (Wildman–Crippen MR) is 101 cm³/mol. The SMILES string of the molecule is CC1(C(=O)N2CCC3(CCc4cccc(C(=O)NO)c4O3)CC2)CCOCC1. The van der Waals surface area contributed by atoms with Gasteiger partial charge in [0.2, 0.25) is 5.91 Å². The quantitative estimate of drug-likeness (QED) is 0.600. The highest BCUT2D eigenvalue weighted by Crippen LogP contribution is 2.42. The number of fused-ring (bicyclic) bond motifs is 1. The van der Waals surface area contributed by atoms with Gasteiger partial charge in [-0.25, -0.2) is 5.48 Å². The molecule has 2 amide bonds. The van der Waals surface area contributed by atoms with Gasteiger partial charge in [-0.3, -0.25) is 14.8 Å². The van der Waals surface area contributed by atoms with Crippen LogP contribution >= 0.6 is 0 Å². The molecule has 1 spiro atoms. The van der Waals surface area contributed by atoms with E-state index >= 15 is 0 Å². The van der Waals surface area contributed by atoms with Gasteiger partial charge in [0.15, 0.2) is 0 Å². The molecule has 3 aliphatic heterocycles. The third-order valence-electron chi connectivity index (χ3n) is 6.69. The maximum absolute atomic E-state index is 13.1. The summed E-state index contributed by atoms with van der Waals surface area (Å²) in [5.74, 6) is 0.229. The molecule has 2 saturated heterocycles. The fourth-order valence-corrected chi connectivity index (χ4v) is 4.66. The molecule has 152 valence electrons. The van der Waals surface area contributed by atoms with Gasteiger partial charge in [0, 0.05) is 39.1 Å². The normalized spacial score (nSPS) is 22.9. The molecular formula is C21H28N2O5. The number of hydrogen-bond donors (Lipinski definition) is 2. The zero-order chi connectivity index (χ0) is 19.8. The van der Waals surface area contributed by atoms with Crippen molar-refractivity contribution in [1.29, 1.82) is 0 Å². The van der Waals surface area contributed by atoms with Gasteiger partial charge >= 0.3 is 0 Å². The first-order valence-corrected chi connectivity index (χ1v) is 10.1. The fourth-order valence-electron chi connectivity index (χ4n) is 4.66. The highest BCUT2D eigenvalue weighted by molar-refractivity contribution is 5.96.